The summed E-state index contributed by atoms with van der Waals surface area (Å²) in [5.41, 5.74) is 0. The predicted molar refractivity (Wildman–Crippen MR) is 80.3 cm³/mol. The Labute approximate surface area is 118 Å². The van der Waals surface area contributed by atoms with E-state index in [0.717, 1.165) is 26.2 Å². The molecule has 6 heteroatoms. The normalized spacial score (nSPS) is 23.7. The standard InChI is InChI=1S/C13H29N3O2S/c1-13(2,3)19(17,18)9-6-14-10-12-11-15(4)7-8-16(12)5/h12,14H,6-11H2,1-5H3. The second-order valence-corrected chi connectivity index (χ2v) is 9.39. The highest BCUT2D eigenvalue weighted by molar-refractivity contribution is 7.92. The molecule has 1 fully saturated rings. The molecular formula is C13H29N3O2S. The minimum absolute atomic E-state index is 0.211. The van der Waals surface area contributed by atoms with Gasteiger partial charge in [0.25, 0.3) is 0 Å². The molecule has 0 radical (unpaired) electrons. The van der Waals surface area contributed by atoms with Crippen molar-refractivity contribution in [2.24, 2.45) is 0 Å². The van der Waals surface area contributed by atoms with Crippen molar-refractivity contribution in [3.8, 4) is 0 Å². The Hall–Kier alpha value is -0.170. The molecule has 1 rings (SSSR count). The zero-order valence-corrected chi connectivity index (χ0v) is 13.8. The van der Waals surface area contributed by atoms with Crippen molar-refractivity contribution in [1.29, 1.82) is 0 Å². The molecule has 0 aliphatic carbocycles. The fourth-order valence-electron chi connectivity index (χ4n) is 2.10. The van der Waals surface area contributed by atoms with Crippen molar-refractivity contribution in [2.45, 2.75) is 31.6 Å². The van der Waals surface area contributed by atoms with Gasteiger partial charge in [-0.2, -0.15) is 0 Å². The van der Waals surface area contributed by atoms with E-state index in [-0.39, 0.29) is 5.75 Å². The number of hydrogen-bond donors (Lipinski definition) is 1. The van der Waals surface area contributed by atoms with E-state index in [9.17, 15) is 8.42 Å². The Morgan fingerprint density at radius 2 is 1.84 bits per heavy atom. The highest BCUT2D eigenvalue weighted by Gasteiger charge is 2.28. The third-order valence-electron chi connectivity index (χ3n) is 3.84. The predicted octanol–water partition coefficient (Wildman–Crippen LogP) is 0.0351. The van der Waals surface area contributed by atoms with Crippen LogP contribution in [0.15, 0.2) is 0 Å². The Bertz CT molecular complexity index is 376. The molecule has 0 bridgehead atoms. The number of piperazine rings is 1. The van der Waals surface area contributed by atoms with Gasteiger partial charge in [0, 0.05) is 38.8 Å². The number of sulfone groups is 1. The third kappa shape index (κ3) is 5.02. The number of nitrogens with zero attached hydrogens (tertiary/aromatic N) is 2. The number of hydrogen-bond acceptors (Lipinski definition) is 5. The smallest absolute Gasteiger partial charge is 0.156 e. The summed E-state index contributed by atoms with van der Waals surface area (Å²) in [4.78, 5) is 4.66. The maximum Gasteiger partial charge on any atom is 0.156 e. The van der Waals surface area contributed by atoms with E-state index >= 15 is 0 Å². The first-order valence-corrected chi connectivity index (χ1v) is 8.60. The van der Waals surface area contributed by atoms with Gasteiger partial charge in [-0.25, -0.2) is 8.42 Å². The van der Waals surface area contributed by atoms with Crippen molar-refractivity contribution < 1.29 is 8.42 Å². The molecule has 1 N–H and O–H groups in total. The number of rotatable bonds is 5. The lowest BCUT2D eigenvalue weighted by atomic mass is 10.2. The van der Waals surface area contributed by atoms with Crippen LogP contribution in [0.5, 0.6) is 0 Å². The van der Waals surface area contributed by atoms with Crippen LogP contribution in [0.3, 0.4) is 0 Å². The van der Waals surface area contributed by atoms with Gasteiger partial charge in [0.2, 0.25) is 0 Å². The van der Waals surface area contributed by atoms with Crippen LogP contribution in [0.2, 0.25) is 0 Å². The zero-order chi connectivity index (χ0) is 14.7. The van der Waals surface area contributed by atoms with Gasteiger partial charge in [-0.05, 0) is 34.9 Å². The van der Waals surface area contributed by atoms with Crippen LogP contribution in [0.4, 0.5) is 0 Å². The van der Waals surface area contributed by atoms with Crippen LogP contribution in [-0.4, -0.2) is 81.6 Å². The molecule has 0 saturated carbocycles. The first-order valence-electron chi connectivity index (χ1n) is 6.95. The fourth-order valence-corrected chi connectivity index (χ4v) is 3.13. The first-order chi connectivity index (χ1) is 8.63. The molecule has 19 heavy (non-hydrogen) atoms. The average molecular weight is 291 g/mol. The van der Waals surface area contributed by atoms with Crippen molar-refractivity contribution in [1.82, 2.24) is 15.1 Å². The van der Waals surface area contributed by atoms with Gasteiger partial charge in [-0.15, -0.1) is 0 Å². The van der Waals surface area contributed by atoms with Crippen LogP contribution in [0.1, 0.15) is 20.8 Å². The second-order valence-electron chi connectivity index (χ2n) is 6.53. The molecule has 1 unspecified atom stereocenters. The van der Waals surface area contributed by atoms with E-state index in [1.54, 1.807) is 20.8 Å². The molecule has 1 atom stereocenters. The van der Waals surface area contributed by atoms with Gasteiger partial charge in [0.15, 0.2) is 9.84 Å². The maximum atomic E-state index is 12.0. The van der Waals surface area contributed by atoms with E-state index in [1.165, 1.54) is 0 Å². The van der Waals surface area contributed by atoms with Crippen molar-refractivity contribution in [2.75, 3.05) is 52.6 Å². The van der Waals surface area contributed by atoms with Crippen LogP contribution < -0.4 is 5.32 Å². The number of likely N-dealkylation sites (N-methyl/N-ethyl adjacent to an activating group) is 2. The molecule has 5 nitrogen and oxygen atoms in total. The molecule has 0 aromatic heterocycles. The van der Waals surface area contributed by atoms with E-state index in [0.29, 0.717) is 12.6 Å². The second kappa shape index (κ2) is 6.52. The summed E-state index contributed by atoms with van der Waals surface area (Å²) in [5, 5.41) is 3.29. The van der Waals surface area contributed by atoms with Gasteiger partial charge in [0.05, 0.1) is 10.5 Å². The topological polar surface area (TPSA) is 52.6 Å². The summed E-state index contributed by atoms with van der Waals surface area (Å²) in [6, 6.07) is 0.469. The highest BCUT2D eigenvalue weighted by atomic mass is 32.2. The van der Waals surface area contributed by atoms with Crippen molar-refractivity contribution >= 4 is 9.84 Å². The minimum Gasteiger partial charge on any atom is -0.314 e. The summed E-state index contributed by atoms with van der Waals surface area (Å²) in [6.07, 6.45) is 0. The summed E-state index contributed by atoms with van der Waals surface area (Å²) in [7, 11) is 1.25. The molecule has 0 aromatic rings. The Kier molecular flexibility index (Phi) is 5.79. The molecule has 1 saturated heterocycles. The third-order valence-corrected chi connectivity index (χ3v) is 6.45. The quantitative estimate of drug-likeness (QED) is 0.725. The lowest BCUT2D eigenvalue weighted by molar-refractivity contribution is 0.114. The molecule has 0 spiro atoms. The largest absolute Gasteiger partial charge is 0.314 e. The van der Waals surface area contributed by atoms with Gasteiger partial charge in [0.1, 0.15) is 0 Å². The average Bonchev–Trinajstić information content (AvgIpc) is 2.27. The molecular weight excluding hydrogens is 262 g/mol. The molecule has 114 valence electrons. The van der Waals surface area contributed by atoms with Gasteiger partial charge in [-0.1, -0.05) is 0 Å². The number of nitrogens with one attached hydrogen (secondary N) is 1. The van der Waals surface area contributed by atoms with Crippen LogP contribution >= 0.6 is 0 Å². The lowest BCUT2D eigenvalue weighted by Gasteiger charge is -2.37. The van der Waals surface area contributed by atoms with E-state index in [1.807, 2.05) is 0 Å². The van der Waals surface area contributed by atoms with E-state index < -0.39 is 14.6 Å². The van der Waals surface area contributed by atoms with E-state index in [4.69, 9.17) is 0 Å². The molecule has 0 aromatic carbocycles. The Morgan fingerprint density at radius 1 is 1.21 bits per heavy atom. The minimum atomic E-state index is -3.01. The Morgan fingerprint density at radius 3 is 2.42 bits per heavy atom. The first kappa shape index (κ1) is 16.9. The molecule has 1 aliphatic heterocycles. The highest BCUT2D eigenvalue weighted by Crippen LogP contribution is 2.15. The van der Waals surface area contributed by atoms with E-state index in [2.05, 4.69) is 29.2 Å². The van der Waals surface area contributed by atoms with Crippen LogP contribution in [0.25, 0.3) is 0 Å². The van der Waals surface area contributed by atoms with Crippen molar-refractivity contribution in [3.05, 3.63) is 0 Å². The Balaban J connectivity index is 2.31. The molecule has 0 amide bonds. The summed E-state index contributed by atoms with van der Waals surface area (Å²) in [5.74, 6) is 0.211. The summed E-state index contributed by atoms with van der Waals surface area (Å²) in [6.45, 7) is 9.86. The monoisotopic (exact) mass is 291 g/mol. The van der Waals surface area contributed by atoms with Gasteiger partial charge >= 0.3 is 0 Å². The zero-order valence-electron chi connectivity index (χ0n) is 12.9. The summed E-state index contributed by atoms with van der Waals surface area (Å²) >= 11 is 0. The van der Waals surface area contributed by atoms with Crippen LogP contribution in [0, 0.1) is 0 Å². The molecule has 1 aliphatic rings. The molecule has 1 heterocycles. The van der Waals surface area contributed by atoms with Gasteiger partial charge < -0.3 is 10.2 Å². The van der Waals surface area contributed by atoms with Crippen molar-refractivity contribution in [3.63, 3.8) is 0 Å². The fraction of sp³-hybridized carbons (Fsp3) is 1.00. The maximum absolute atomic E-state index is 12.0. The lowest BCUT2D eigenvalue weighted by Crippen LogP contribution is -2.54. The summed E-state index contributed by atoms with van der Waals surface area (Å²) < 4.78 is 23.3. The SMILES string of the molecule is CN1CCN(C)C(CNCCS(=O)(=O)C(C)(C)C)C1. The van der Waals surface area contributed by atoms with Crippen LogP contribution in [-0.2, 0) is 9.84 Å². The van der Waals surface area contributed by atoms with Gasteiger partial charge in [-0.3, -0.25) is 4.90 Å².